The van der Waals surface area contributed by atoms with Crippen LogP contribution in [-0.2, 0) is 12.8 Å². The van der Waals surface area contributed by atoms with Crippen molar-refractivity contribution in [3.63, 3.8) is 0 Å². The third kappa shape index (κ3) is 4.51. The number of hydrogen-bond acceptors (Lipinski definition) is 13. The molecule has 0 saturated heterocycles. The number of aliphatic hydroxyl groups is 2. The molecule has 0 aliphatic carbocycles. The van der Waals surface area contributed by atoms with E-state index >= 15 is 0 Å². The molecule has 13 heteroatoms. The minimum atomic E-state index is -1.41. The number of phenolic OH excluding ortho intramolecular Hbond substituents is 9. The molecule has 43 heavy (non-hydrogen) atoms. The van der Waals surface area contributed by atoms with Crippen molar-refractivity contribution in [1.29, 1.82) is 0 Å². The van der Waals surface area contributed by atoms with Gasteiger partial charge in [0.05, 0.1) is 12.2 Å². The Morgan fingerprint density at radius 2 is 0.953 bits per heavy atom. The smallest absolute Gasteiger partial charge is 0.200 e. The minimum absolute atomic E-state index is 0.00609. The van der Waals surface area contributed by atoms with Crippen LogP contribution in [-0.4, -0.2) is 68.4 Å². The van der Waals surface area contributed by atoms with Crippen LogP contribution in [0.4, 0.5) is 0 Å². The van der Waals surface area contributed by atoms with Crippen LogP contribution in [0.1, 0.15) is 34.5 Å². The average Bonchev–Trinajstić information content (AvgIpc) is 2.93. The van der Waals surface area contributed by atoms with Crippen molar-refractivity contribution < 1.29 is 65.6 Å². The van der Waals surface area contributed by atoms with Gasteiger partial charge in [-0.05, 0) is 23.8 Å². The molecular formula is C30H26O13. The molecule has 4 aromatic rings. The number of rotatable bonds is 3. The van der Waals surface area contributed by atoms with E-state index in [0.29, 0.717) is 0 Å². The van der Waals surface area contributed by atoms with Crippen molar-refractivity contribution in [2.75, 3.05) is 0 Å². The van der Waals surface area contributed by atoms with Crippen molar-refractivity contribution in [1.82, 2.24) is 0 Å². The summed E-state index contributed by atoms with van der Waals surface area (Å²) in [6.07, 6.45) is -5.87. The highest BCUT2D eigenvalue weighted by Crippen LogP contribution is 2.54. The summed E-state index contributed by atoms with van der Waals surface area (Å²) in [4.78, 5) is 0. The van der Waals surface area contributed by atoms with Gasteiger partial charge in [0.2, 0.25) is 5.75 Å². The van der Waals surface area contributed by atoms with E-state index in [1.54, 1.807) is 0 Å². The van der Waals surface area contributed by atoms with Crippen molar-refractivity contribution in [2.24, 2.45) is 0 Å². The van der Waals surface area contributed by atoms with E-state index in [-0.39, 0.29) is 80.7 Å². The number of ether oxygens (including phenoxy) is 2. The summed E-state index contributed by atoms with van der Waals surface area (Å²) in [6, 6.07) is 7.59. The van der Waals surface area contributed by atoms with Gasteiger partial charge < -0.3 is 65.6 Å². The van der Waals surface area contributed by atoms with Gasteiger partial charge in [-0.3, -0.25) is 0 Å². The van der Waals surface area contributed by atoms with E-state index in [1.165, 1.54) is 12.1 Å². The maximum absolute atomic E-state index is 11.2. The van der Waals surface area contributed by atoms with Crippen molar-refractivity contribution in [3.8, 4) is 74.4 Å². The van der Waals surface area contributed by atoms with E-state index in [9.17, 15) is 56.2 Å². The Kier molecular flexibility index (Phi) is 6.36. The lowest BCUT2D eigenvalue weighted by atomic mass is 9.84. The molecule has 0 saturated carbocycles. The number of benzene rings is 4. The first-order valence-corrected chi connectivity index (χ1v) is 13.0. The Hall–Kier alpha value is -5.40. The highest BCUT2D eigenvalue weighted by molar-refractivity contribution is 5.83. The molecule has 2 aliphatic rings. The second kappa shape index (κ2) is 9.86. The SMILES string of the molecule is Oc1cc(O)c2c(c1)OC(c1cc(O)c(O)cc1-c1c(C3Oc4cc(O)cc(O)c4CC3O)cc(O)c(O)c1O)C(O)C2. The number of phenols is 9. The summed E-state index contributed by atoms with van der Waals surface area (Å²) in [5.41, 5.74) is -0.212. The van der Waals surface area contributed by atoms with Gasteiger partial charge in [0.25, 0.3) is 0 Å². The molecule has 2 heterocycles. The first kappa shape index (κ1) is 27.8. The average molecular weight is 595 g/mol. The summed E-state index contributed by atoms with van der Waals surface area (Å²) >= 11 is 0. The Morgan fingerprint density at radius 1 is 0.488 bits per heavy atom. The fraction of sp³-hybridized carbons (Fsp3) is 0.200. The van der Waals surface area contributed by atoms with Crippen LogP contribution < -0.4 is 9.47 Å². The molecule has 0 spiro atoms. The van der Waals surface area contributed by atoms with E-state index in [1.807, 2.05) is 0 Å². The van der Waals surface area contributed by atoms with Gasteiger partial charge in [0.1, 0.15) is 34.5 Å². The number of aliphatic hydroxyl groups excluding tert-OH is 2. The lowest BCUT2D eigenvalue weighted by Gasteiger charge is -2.35. The molecule has 2 aliphatic heterocycles. The zero-order chi connectivity index (χ0) is 30.9. The van der Waals surface area contributed by atoms with Crippen molar-refractivity contribution >= 4 is 0 Å². The van der Waals surface area contributed by atoms with Crippen LogP contribution >= 0.6 is 0 Å². The summed E-state index contributed by atoms with van der Waals surface area (Å²) in [5.74, 6) is -5.34. The molecule has 13 nitrogen and oxygen atoms in total. The van der Waals surface area contributed by atoms with Crippen LogP contribution in [0.5, 0.6) is 63.2 Å². The zero-order valence-electron chi connectivity index (χ0n) is 22.0. The fourth-order valence-electron chi connectivity index (χ4n) is 5.67. The van der Waals surface area contributed by atoms with Crippen molar-refractivity contribution in [3.05, 3.63) is 64.7 Å². The van der Waals surface area contributed by atoms with Crippen LogP contribution in [0.15, 0.2) is 42.5 Å². The van der Waals surface area contributed by atoms with Gasteiger partial charge in [0, 0.05) is 64.9 Å². The maximum atomic E-state index is 11.2. The van der Waals surface area contributed by atoms with E-state index in [4.69, 9.17) is 9.47 Å². The van der Waals surface area contributed by atoms with Crippen molar-refractivity contribution in [2.45, 2.75) is 37.3 Å². The first-order chi connectivity index (χ1) is 20.3. The third-order valence-electron chi connectivity index (χ3n) is 7.69. The summed E-state index contributed by atoms with van der Waals surface area (Å²) in [7, 11) is 0. The zero-order valence-corrected chi connectivity index (χ0v) is 22.0. The molecule has 0 amide bonds. The highest BCUT2D eigenvalue weighted by atomic mass is 16.5. The molecule has 11 N–H and O–H groups in total. The molecule has 0 radical (unpaired) electrons. The number of fused-ring (bicyclic) bond motifs is 2. The number of aromatic hydroxyl groups is 9. The lowest BCUT2D eigenvalue weighted by Crippen LogP contribution is -2.32. The summed E-state index contributed by atoms with van der Waals surface area (Å²) in [6.45, 7) is 0. The standard InChI is InChI=1S/C30H26O13/c31-10-1-17(33)14-7-22(38)29(42-24(14)3-10)13-6-20(36)19(35)5-12(13)26-16(9-21(37)27(40)28(26)41)30-23(39)8-15-18(34)2-11(32)4-25(15)43-30/h1-6,9,22-23,29-41H,7-8H2. The lowest BCUT2D eigenvalue weighted by molar-refractivity contribution is 0.0189. The van der Waals surface area contributed by atoms with Gasteiger partial charge in [-0.25, -0.2) is 0 Å². The minimum Gasteiger partial charge on any atom is -0.508 e. The summed E-state index contributed by atoms with van der Waals surface area (Å²) < 4.78 is 11.8. The van der Waals surface area contributed by atoms with Gasteiger partial charge in [-0.2, -0.15) is 0 Å². The first-order valence-electron chi connectivity index (χ1n) is 13.0. The van der Waals surface area contributed by atoms with Crippen LogP contribution in [0.25, 0.3) is 11.1 Å². The molecule has 4 aromatic carbocycles. The second-order valence-electron chi connectivity index (χ2n) is 10.5. The van der Waals surface area contributed by atoms with E-state index in [0.717, 1.165) is 30.3 Å². The quantitative estimate of drug-likeness (QED) is 0.153. The molecule has 0 bridgehead atoms. The largest absolute Gasteiger partial charge is 0.508 e. The maximum Gasteiger partial charge on any atom is 0.200 e. The third-order valence-corrected chi connectivity index (χ3v) is 7.69. The predicted octanol–water partition coefficient (Wildman–Crippen LogP) is 2.78. The van der Waals surface area contributed by atoms with Crippen LogP contribution in [0.3, 0.4) is 0 Å². The van der Waals surface area contributed by atoms with Gasteiger partial charge in [-0.1, -0.05) is 0 Å². The molecule has 0 aromatic heterocycles. The Bertz CT molecular complexity index is 1780. The topological polar surface area (TPSA) is 241 Å². The molecule has 4 atom stereocenters. The molecule has 6 rings (SSSR count). The molecular weight excluding hydrogens is 568 g/mol. The Labute approximate surface area is 242 Å². The molecule has 4 unspecified atom stereocenters. The van der Waals surface area contributed by atoms with Gasteiger partial charge in [-0.15, -0.1) is 0 Å². The van der Waals surface area contributed by atoms with E-state index < -0.39 is 53.2 Å². The van der Waals surface area contributed by atoms with E-state index in [2.05, 4.69) is 0 Å². The molecule has 224 valence electrons. The number of hydrogen-bond donors (Lipinski definition) is 11. The Morgan fingerprint density at radius 3 is 1.49 bits per heavy atom. The fourth-order valence-corrected chi connectivity index (χ4v) is 5.67. The van der Waals surface area contributed by atoms with Gasteiger partial charge >= 0.3 is 0 Å². The molecule has 0 fully saturated rings. The monoisotopic (exact) mass is 594 g/mol. The van der Waals surface area contributed by atoms with Crippen LogP contribution in [0.2, 0.25) is 0 Å². The predicted molar refractivity (Wildman–Crippen MR) is 146 cm³/mol. The van der Waals surface area contributed by atoms with Crippen LogP contribution in [0, 0.1) is 0 Å². The second-order valence-corrected chi connectivity index (χ2v) is 10.5. The Balaban J connectivity index is 1.55. The highest BCUT2D eigenvalue weighted by Gasteiger charge is 2.39. The normalized spacial score (nSPS) is 20.9. The van der Waals surface area contributed by atoms with Gasteiger partial charge in [0.15, 0.2) is 35.2 Å². The summed E-state index contributed by atoms with van der Waals surface area (Å²) in [5, 5.41) is 116.